The lowest BCUT2D eigenvalue weighted by Gasteiger charge is -2.14. The van der Waals surface area contributed by atoms with Gasteiger partial charge in [0, 0.05) is 11.6 Å². The van der Waals surface area contributed by atoms with Crippen LogP contribution in [0.4, 0.5) is 4.39 Å². The SMILES string of the molecule is CSCCC(C)NC(=O)c1cc(F)ccc1C#CCO. The number of aliphatic hydroxyl groups excluding tert-OH is 1. The number of nitrogens with one attached hydrogen (secondary N) is 1. The van der Waals surface area contributed by atoms with E-state index in [1.807, 2.05) is 13.2 Å². The number of hydrogen-bond donors (Lipinski definition) is 2. The Labute approximate surface area is 123 Å². The van der Waals surface area contributed by atoms with Crippen molar-refractivity contribution in [3.63, 3.8) is 0 Å². The van der Waals surface area contributed by atoms with Crippen LogP contribution < -0.4 is 5.32 Å². The van der Waals surface area contributed by atoms with Gasteiger partial charge in [0.1, 0.15) is 12.4 Å². The molecule has 0 heterocycles. The van der Waals surface area contributed by atoms with E-state index >= 15 is 0 Å². The molecular formula is C15H18FNO2S. The van der Waals surface area contributed by atoms with Crippen molar-refractivity contribution in [2.75, 3.05) is 18.6 Å². The summed E-state index contributed by atoms with van der Waals surface area (Å²) in [5.74, 6) is 5.24. The van der Waals surface area contributed by atoms with E-state index in [9.17, 15) is 9.18 Å². The van der Waals surface area contributed by atoms with Gasteiger partial charge in [0.15, 0.2) is 0 Å². The summed E-state index contributed by atoms with van der Waals surface area (Å²) in [4.78, 5) is 12.1. The third kappa shape index (κ3) is 5.24. The van der Waals surface area contributed by atoms with E-state index in [1.165, 1.54) is 12.1 Å². The zero-order valence-electron chi connectivity index (χ0n) is 11.6. The van der Waals surface area contributed by atoms with E-state index in [4.69, 9.17) is 5.11 Å². The van der Waals surface area contributed by atoms with Crippen LogP contribution in [0.3, 0.4) is 0 Å². The average Bonchev–Trinajstić information content (AvgIpc) is 2.43. The predicted octanol–water partition coefficient (Wildman–Crippen LogP) is 2.04. The van der Waals surface area contributed by atoms with E-state index in [1.54, 1.807) is 11.8 Å². The second-order valence-electron chi connectivity index (χ2n) is 4.31. The first kappa shape index (κ1) is 16.5. The Morgan fingerprint density at radius 3 is 2.95 bits per heavy atom. The molecule has 0 aliphatic heterocycles. The van der Waals surface area contributed by atoms with Crippen molar-refractivity contribution in [1.29, 1.82) is 0 Å². The minimum Gasteiger partial charge on any atom is -0.384 e. The highest BCUT2D eigenvalue weighted by molar-refractivity contribution is 7.98. The monoisotopic (exact) mass is 295 g/mol. The summed E-state index contributed by atoms with van der Waals surface area (Å²) in [6.45, 7) is 1.61. The molecule has 0 aliphatic carbocycles. The molecule has 0 fully saturated rings. The Morgan fingerprint density at radius 2 is 2.30 bits per heavy atom. The van der Waals surface area contributed by atoms with Gasteiger partial charge in [-0.1, -0.05) is 11.8 Å². The molecule has 0 saturated heterocycles. The summed E-state index contributed by atoms with van der Waals surface area (Å²) < 4.78 is 13.3. The molecule has 3 nitrogen and oxygen atoms in total. The summed E-state index contributed by atoms with van der Waals surface area (Å²) in [7, 11) is 0. The molecule has 1 rings (SSSR count). The molecule has 0 aromatic heterocycles. The quantitative estimate of drug-likeness (QED) is 0.817. The summed E-state index contributed by atoms with van der Waals surface area (Å²) >= 11 is 1.71. The first-order valence-electron chi connectivity index (χ1n) is 6.27. The van der Waals surface area contributed by atoms with Gasteiger partial charge in [-0.3, -0.25) is 4.79 Å². The van der Waals surface area contributed by atoms with Gasteiger partial charge in [-0.25, -0.2) is 4.39 Å². The van der Waals surface area contributed by atoms with Crippen molar-refractivity contribution >= 4 is 17.7 Å². The Balaban J connectivity index is 2.88. The van der Waals surface area contributed by atoms with Crippen molar-refractivity contribution in [2.24, 2.45) is 0 Å². The number of thioether (sulfide) groups is 1. The summed E-state index contributed by atoms with van der Waals surface area (Å²) in [5.41, 5.74) is 0.608. The average molecular weight is 295 g/mol. The molecule has 0 aliphatic rings. The number of carbonyl (C=O) groups is 1. The fourth-order valence-corrected chi connectivity index (χ4v) is 2.21. The van der Waals surface area contributed by atoms with Gasteiger partial charge in [-0.05, 0) is 43.6 Å². The molecule has 1 unspecified atom stereocenters. The third-order valence-electron chi connectivity index (χ3n) is 2.66. The lowest BCUT2D eigenvalue weighted by molar-refractivity contribution is 0.0939. The van der Waals surface area contributed by atoms with Crippen molar-refractivity contribution < 1.29 is 14.3 Å². The zero-order valence-corrected chi connectivity index (χ0v) is 12.4. The number of benzene rings is 1. The number of rotatable bonds is 5. The molecule has 5 heteroatoms. The fraction of sp³-hybridized carbons (Fsp3) is 0.400. The smallest absolute Gasteiger partial charge is 0.252 e. The topological polar surface area (TPSA) is 49.3 Å². The van der Waals surface area contributed by atoms with Gasteiger partial charge in [0.25, 0.3) is 5.91 Å². The van der Waals surface area contributed by atoms with E-state index in [-0.39, 0.29) is 24.1 Å². The second-order valence-corrected chi connectivity index (χ2v) is 5.29. The van der Waals surface area contributed by atoms with Gasteiger partial charge in [-0.15, -0.1) is 0 Å². The Hall–Kier alpha value is -1.51. The van der Waals surface area contributed by atoms with Crippen molar-refractivity contribution in [2.45, 2.75) is 19.4 Å². The highest BCUT2D eigenvalue weighted by Crippen LogP contribution is 2.11. The number of amides is 1. The maximum atomic E-state index is 13.3. The molecule has 20 heavy (non-hydrogen) atoms. The largest absolute Gasteiger partial charge is 0.384 e. The zero-order chi connectivity index (χ0) is 15.0. The molecule has 1 amide bonds. The Kier molecular flexibility index (Phi) is 7.13. The van der Waals surface area contributed by atoms with E-state index in [2.05, 4.69) is 17.2 Å². The van der Waals surface area contributed by atoms with Crippen LogP contribution in [-0.4, -0.2) is 35.7 Å². The first-order valence-corrected chi connectivity index (χ1v) is 7.67. The van der Waals surface area contributed by atoms with E-state index in [0.29, 0.717) is 5.56 Å². The molecule has 0 radical (unpaired) electrons. The highest BCUT2D eigenvalue weighted by Gasteiger charge is 2.14. The minimum absolute atomic E-state index is 0.0110. The number of aliphatic hydroxyl groups is 1. The fourth-order valence-electron chi connectivity index (χ4n) is 1.62. The van der Waals surface area contributed by atoms with Crippen LogP contribution in [0.1, 0.15) is 29.3 Å². The van der Waals surface area contributed by atoms with Crippen LogP contribution in [0.15, 0.2) is 18.2 Å². The third-order valence-corrected chi connectivity index (χ3v) is 3.30. The summed E-state index contributed by atoms with van der Waals surface area (Å²) in [6, 6.07) is 3.86. The van der Waals surface area contributed by atoms with Crippen LogP contribution in [0.2, 0.25) is 0 Å². The standard InChI is InChI=1S/C15H18FNO2S/c1-11(7-9-20-2)17-15(19)14-10-13(16)6-5-12(14)4-3-8-18/h5-6,10-11,18H,7-9H2,1-2H3,(H,17,19). The molecule has 2 N–H and O–H groups in total. The van der Waals surface area contributed by atoms with Crippen LogP contribution in [0.5, 0.6) is 0 Å². The Bertz CT molecular complexity index is 522. The molecule has 1 aromatic rings. The maximum Gasteiger partial charge on any atom is 0.252 e. The molecular weight excluding hydrogens is 277 g/mol. The number of carbonyl (C=O) groups excluding carboxylic acids is 1. The van der Waals surface area contributed by atoms with Crippen molar-refractivity contribution in [3.05, 3.63) is 35.1 Å². The summed E-state index contributed by atoms with van der Waals surface area (Å²) in [5, 5.41) is 11.5. The molecule has 1 aromatic carbocycles. The van der Waals surface area contributed by atoms with E-state index in [0.717, 1.165) is 18.2 Å². The molecule has 0 spiro atoms. The molecule has 0 bridgehead atoms. The predicted molar refractivity (Wildman–Crippen MR) is 80.3 cm³/mol. The maximum absolute atomic E-state index is 13.3. The van der Waals surface area contributed by atoms with Crippen LogP contribution >= 0.6 is 11.8 Å². The highest BCUT2D eigenvalue weighted by atomic mass is 32.2. The van der Waals surface area contributed by atoms with Crippen molar-refractivity contribution in [3.8, 4) is 11.8 Å². The molecule has 1 atom stereocenters. The molecule has 108 valence electrons. The number of hydrogen-bond acceptors (Lipinski definition) is 3. The lowest BCUT2D eigenvalue weighted by atomic mass is 10.1. The van der Waals surface area contributed by atoms with E-state index < -0.39 is 5.82 Å². The summed E-state index contributed by atoms with van der Waals surface area (Å²) in [6.07, 6.45) is 2.85. The van der Waals surface area contributed by atoms with Gasteiger partial charge >= 0.3 is 0 Å². The van der Waals surface area contributed by atoms with Crippen molar-refractivity contribution in [1.82, 2.24) is 5.32 Å². The first-order chi connectivity index (χ1) is 9.58. The lowest BCUT2D eigenvalue weighted by Crippen LogP contribution is -2.33. The van der Waals surface area contributed by atoms with Crippen LogP contribution in [-0.2, 0) is 0 Å². The number of halogens is 1. The van der Waals surface area contributed by atoms with Gasteiger partial charge in [0.2, 0.25) is 0 Å². The van der Waals surface area contributed by atoms with Gasteiger partial charge in [-0.2, -0.15) is 11.8 Å². The van der Waals surface area contributed by atoms with Crippen LogP contribution in [0, 0.1) is 17.7 Å². The minimum atomic E-state index is -0.485. The van der Waals surface area contributed by atoms with Gasteiger partial charge < -0.3 is 10.4 Å². The van der Waals surface area contributed by atoms with Gasteiger partial charge in [0.05, 0.1) is 5.56 Å². The van der Waals surface area contributed by atoms with Crippen LogP contribution in [0.25, 0.3) is 0 Å². The Morgan fingerprint density at radius 1 is 1.55 bits per heavy atom. The normalized spacial score (nSPS) is 11.4. The second kappa shape index (κ2) is 8.62. The molecule has 0 saturated carbocycles.